The predicted molar refractivity (Wildman–Crippen MR) is 125 cm³/mol. The Bertz CT molecular complexity index is 1280. The van der Waals surface area contributed by atoms with Crippen LogP contribution < -0.4 is 14.8 Å². The van der Waals surface area contributed by atoms with Crippen molar-refractivity contribution in [3.63, 3.8) is 0 Å². The second kappa shape index (κ2) is 8.48. The van der Waals surface area contributed by atoms with Crippen LogP contribution in [0.2, 0.25) is 5.02 Å². The number of carbonyl (C=O) groups is 1. The van der Waals surface area contributed by atoms with Crippen molar-refractivity contribution in [1.82, 2.24) is 0 Å². The summed E-state index contributed by atoms with van der Waals surface area (Å²) in [6.07, 6.45) is 1.35. The standard InChI is InChI=1S/C24H23ClN2O4S/c1-15-12-20(13-16(2)23(15)25)31-19-6-8-21(9-7-19)32(29,30)27-11-3-4-17-14-18(24(26)28)5-10-22(17)27/h5-10,12-14H,3-4,11H2,1-2H3,(H2,26,28). The topological polar surface area (TPSA) is 89.7 Å². The second-order valence-electron chi connectivity index (χ2n) is 7.83. The lowest BCUT2D eigenvalue weighted by Crippen LogP contribution is -2.35. The highest BCUT2D eigenvalue weighted by Gasteiger charge is 2.29. The lowest BCUT2D eigenvalue weighted by Gasteiger charge is -2.30. The number of amides is 1. The predicted octanol–water partition coefficient (Wildman–Crippen LogP) is 4.99. The van der Waals surface area contributed by atoms with Gasteiger partial charge in [0.25, 0.3) is 10.0 Å². The zero-order valence-corrected chi connectivity index (χ0v) is 19.3. The number of hydrogen-bond donors (Lipinski definition) is 1. The van der Waals surface area contributed by atoms with Crippen molar-refractivity contribution in [3.05, 3.63) is 81.9 Å². The maximum absolute atomic E-state index is 13.3. The van der Waals surface area contributed by atoms with Gasteiger partial charge in [0, 0.05) is 17.1 Å². The molecule has 0 fully saturated rings. The summed E-state index contributed by atoms with van der Waals surface area (Å²) >= 11 is 6.21. The van der Waals surface area contributed by atoms with Crippen molar-refractivity contribution in [1.29, 1.82) is 0 Å². The third-order valence-electron chi connectivity index (χ3n) is 5.50. The molecule has 0 atom stereocenters. The van der Waals surface area contributed by atoms with Crippen molar-refractivity contribution >= 4 is 33.2 Å². The molecule has 6 nitrogen and oxygen atoms in total. The summed E-state index contributed by atoms with van der Waals surface area (Å²) < 4.78 is 34.0. The van der Waals surface area contributed by atoms with Crippen LogP contribution in [0, 0.1) is 13.8 Å². The molecule has 0 aliphatic carbocycles. The normalized spacial score (nSPS) is 13.5. The number of benzene rings is 3. The Morgan fingerprint density at radius 1 is 1.00 bits per heavy atom. The molecule has 0 radical (unpaired) electrons. The fourth-order valence-corrected chi connectivity index (χ4v) is 5.52. The molecule has 1 aliphatic rings. The molecule has 166 valence electrons. The lowest BCUT2D eigenvalue weighted by molar-refractivity contribution is 0.1000. The van der Waals surface area contributed by atoms with Crippen molar-refractivity contribution in [3.8, 4) is 11.5 Å². The molecule has 0 bridgehead atoms. The Kier molecular flexibility index (Phi) is 5.88. The number of nitrogens with two attached hydrogens (primary N) is 1. The maximum Gasteiger partial charge on any atom is 0.264 e. The Morgan fingerprint density at radius 2 is 1.66 bits per heavy atom. The van der Waals surface area contributed by atoms with Crippen molar-refractivity contribution in [2.24, 2.45) is 5.73 Å². The monoisotopic (exact) mass is 470 g/mol. The Hall–Kier alpha value is -3.03. The van der Waals surface area contributed by atoms with E-state index < -0.39 is 15.9 Å². The molecule has 1 aliphatic heterocycles. The number of fused-ring (bicyclic) bond motifs is 1. The first-order valence-electron chi connectivity index (χ1n) is 10.2. The van der Waals surface area contributed by atoms with E-state index in [4.69, 9.17) is 22.1 Å². The third-order valence-corrected chi connectivity index (χ3v) is 7.92. The smallest absolute Gasteiger partial charge is 0.264 e. The van der Waals surface area contributed by atoms with E-state index in [1.165, 1.54) is 16.4 Å². The SMILES string of the molecule is Cc1cc(Oc2ccc(S(=O)(=O)N3CCCc4cc(C(N)=O)ccc43)cc2)cc(C)c1Cl. The molecule has 4 rings (SSSR count). The molecule has 1 heterocycles. The number of halogens is 1. The van der Waals surface area contributed by atoms with Crippen LogP contribution in [0.5, 0.6) is 11.5 Å². The van der Waals surface area contributed by atoms with Crippen molar-refractivity contribution < 1.29 is 17.9 Å². The van der Waals surface area contributed by atoms with Gasteiger partial charge in [-0.3, -0.25) is 9.10 Å². The summed E-state index contributed by atoms with van der Waals surface area (Å²) in [5.74, 6) is 0.625. The summed E-state index contributed by atoms with van der Waals surface area (Å²) in [6, 6.07) is 14.9. The molecule has 3 aromatic carbocycles. The average Bonchev–Trinajstić information content (AvgIpc) is 2.77. The Labute approximate surface area is 192 Å². The minimum atomic E-state index is -3.77. The van der Waals surface area contributed by atoms with Crippen LogP contribution in [0.1, 0.15) is 33.5 Å². The van der Waals surface area contributed by atoms with Crippen molar-refractivity contribution in [2.75, 3.05) is 10.8 Å². The van der Waals surface area contributed by atoms with Gasteiger partial charge in [-0.05, 0) is 98.0 Å². The molecular weight excluding hydrogens is 448 g/mol. The first kappa shape index (κ1) is 22.2. The molecule has 0 saturated heterocycles. The molecule has 0 saturated carbocycles. The van der Waals surface area contributed by atoms with Crippen molar-refractivity contribution in [2.45, 2.75) is 31.6 Å². The van der Waals surface area contributed by atoms with Gasteiger partial charge in [-0.2, -0.15) is 0 Å². The van der Waals surface area contributed by atoms with E-state index in [1.807, 2.05) is 26.0 Å². The summed E-state index contributed by atoms with van der Waals surface area (Å²) in [7, 11) is -3.77. The third kappa shape index (κ3) is 4.18. The van der Waals surface area contributed by atoms with E-state index in [9.17, 15) is 13.2 Å². The number of primary amides is 1. The van der Waals surface area contributed by atoms with Gasteiger partial charge >= 0.3 is 0 Å². The molecule has 3 aromatic rings. The van der Waals surface area contributed by atoms with E-state index in [0.29, 0.717) is 47.2 Å². The first-order chi connectivity index (χ1) is 15.2. The van der Waals surface area contributed by atoms with E-state index in [1.54, 1.807) is 30.3 Å². The summed E-state index contributed by atoms with van der Waals surface area (Å²) in [6.45, 7) is 4.17. The van der Waals surface area contributed by atoms with E-state index in [-0.39, 0.29) is 4.90 Å². The highest BCUT2D eigenvalue weighted by molar-refractivity contribution is 7.92. The van der Waals surface area contributed by atoms with Gasteiger partial charge in [0.1, 0.15) is 11.5 Å². The number of carbonyl (C=O) groups excluding carboxylic acids is 1. The minimum absolute atomic E-state index is 0.167. The maximum atomic E-state index is 13.3. The van der Waals surface area contributed by atoms with Crippen LogP contribution in [0.25, 0.3) is 0 Å². The minimum Gasteiger partial charge on any atom is -0.457 e. The zero-order chi connectivity index (χ0) is 23.0. The molecule has 1 amide bonds. The number of rotatable bonds is 5. The van der Waals surface area contributed by atoms with Crippen LogP contribution >= 0.6 is 11.6 Å². The van der Waals surface area contributed by atoms with E-state index >= 15 is 0 Å². The molecule has 8 heteroatoms. The van der Waals surface area contributed by atoms with Gasteiger partial charge in [-0.25, -0.2) is 8.42 Å². The quantitative estimate of drug-likeness (QED) is 0.568. The number of ether oxygens (including phenoxy) is 1. The van der Waals surface area contributed by atoms with Crippen LogP contribution in [0.3, 0.4) is 0 Å². The zero-order valence-electron chi connectivity index (χ0n) is 17.8. The number of nitrogens with zero attached hydrogens (tertiary/aromatic N) is 1. The summed E-state index contributed by atoms with van der Waals surface area (Å²) in [4.78, 5) is 11.6. The second-order valence-corrected chi connectivity index (χ2v) is 10.1. The first-order valence-corrected chi connectivity index (χ1v) is 12.0. The van der Waals surface area contributed by atoms with E-state index in [0.717, 1.165) is 16.7 Å². The van der Waals surface area contributed by atoms with Crippen LogP contribution in [-0.2, 0) is 16.4 Å². The molecule has 32 heavy (non-hydrogen) atoms. The van der Waals surface area contributed by atoms with Gasteiger partial charge in [0.2, 0.25) is 5.91 Å². The average molecular weight is 471 g/mol. The Balaban J connectivity index is 1.60. The highest BCUT2D eigenvalue weighted by Crippen LogP contribution is 2.34. The largest absolute Gasteiger partial charge is 0.457 e. The number of hydrogen-bond acceptors (Lipinski definition) is 4. The summed E-state index contributed by atoms with van der Waals surface area (Å²) in [5, 5.41) is 0.698. The molecule has 0 unspecified atom stereocenters. The number of sulfonamides is 1. The highest BCUT2D eigenvalue weighted by atomic mass is 35.5. The van der Waals surface area contributed by atoms with Gasteiger partial charge in [-0.15, -0.1) is 0 Å². The fourth-order valence-electron chi connectivity index (χ4n) is 3.87. The Morgan fingerprint density at radius 3 is 2.28 bits per heavy atom. The molecule has 0 spiro atoms. The molecular formula is C24H23ClN2O4S. The van der Waals surface area contributed by atoms with Crippen LogP contribution in [0.15, 0.2) is 59.5 Å². The van der Waals surface area contributed by atoms with E-state index in [2.05, 4.69) is 0 Å². The fraction of sp³-hybridized carbons (Fsp3) is 0.208. The van der Waals surface area contributed by atoms with Gasteiger partial charge in [0.15, 0.2) is 0 Å². The molecule has 2 N–H and O–H groups in total. The van der Waals surface area contributed by atoms with Crippen LogP contribution in [-0.4, -0.2) is 20.9 Å². The van der Waals surface area contributed by atoms with Crippen LogP contribution in [0.4, 0.5) is 5.69 Å². The molecule has 0 aromatic heterocycles. The van der Waals surface area contributed by atoms with Gasteiger partial charge in [-0.1, -0.05) is 11.6 Å². The number of aryl methyl sites for hydroxylation is 3. The lowest BCUT2D eigenvalue weighted by atomic mass is 10.0. The number of anilines is 1. The summed E-state index contributed by atoms with van der Waals surface area (Å²) in [5.41, 5.74) is 8.92. The van der Waals surface area contributed by atoms with Gasteiger partial charge in [0.05, 0.1) is 10.6 Å². The van der Waals surface area contributed by atoms with Gasteiger partial charge < -0.3 is 10.5 Å².